The molecule has 0 aromatic rings. The Morgan fingerprint density at radius 2 is 1.35 bits per heavy atom. The van der Waals surface area contributed by atoms with Crippen molar-refractivity contribution in [3.63, 3.8) is 0 Å². The first-order valence-electron chi connectivity index (χ1n) is 9.94. The minimum atomic E-state index is 0.446. The van der Waals surface area contributed by atoms with Crippen LogP contribution in [-0.4, -0.2) is 5.84 Å². The highest BCUT2D eigenvalue weighted by Crippen LogP contribution is 2.17. The fourth-order valence-electron chi connectivity index (χ4n) is 3.11. The van der Waals surface area contributed by atoms with Gasteiger partial charge in [-0.1, -0.05) is 97.3 Å². The Kier molecular flexibility index (Phi) is 11.7. The predicted molar refractivity (Wildman–Crippen MR) is 100 cm³/mol. The molecule has 0 saturated heterocycles. The summed E-state index contributed by atoms with van der Waals surface area (Å²) in [6, 6.07) is 0. The molecule has 0 aromatic carbocycles. The zero-order chi connectivity index (χ0) is 16.8. The van der Waals surface area contributed by atoms with Crippen molar-refractivity contribution in [2.75, 3.05) is 0 Å². The Labute approximate surface area is 143 Å². The number of unbranched alkanes of at least 4 members (excludes halogenated alkanes) is 12. The molecule has 0 saturated carbocycles. The molecule has 0 fully saturated rings. The Balaban J connectivity index is 1.80. The molecule has 0 radical (unpaired) electrons. The summed E-state index contributed by atoms with van der Waals surface area (Å²) in [6.07, 6.45) is 19.5. The lowest BCUT2D eigenvalue weighted by molar-refractivity contribution is 0.175. The quantitative estimate of drug-likeness (QED) is 0.349. The van der Waals surface area contributed by atoms with Crippen LogP contribution in [0.4, 0.5) is 0 Å². The molecule has 3 nitrogen and oxygen atoms in total. The molecule has 0 amide bonds. The third-order valence-corrected chi connectivity index (χ3v) is 4.73. The summed E-state index contributed by atoms with van der Waals surface area (Å²) < 4.78 is 0. The molecule has 23 heavy (non-hydrogen) atoms. The summed E-state index contributed by atoms with van der Waals surface area (Å²) in [6.45, 7) is 8.17. The number of hydrogen-bond donors (Lipinski definition) is 1. The zero-order valence-electron chi connectivity index (χ0n) is 15.5. The smallest absolute Gasteiger partial charge is 0.240 e. The van der Waals surface area contributed by atoms with Gasteiger partial charge in [-0.25, -0.2) is 5.48 Å². The summed E-state index contributed by atoms with van der Waals surface area (Å²) in [5.41, 5.74) is 2.85. The van der Waals surface area contributed by atoms with E-state index in [0.717, 1.165) is 5.84 Å². The average molecular weight is 323 g/mol. The van der Waals surface area contributed by atoms with Crippen molar-refractivity contribution in [3.8, 4) is 0 Å². The van der Waals surface area contributed by atoms with E-state index in [1.54, 1.807) is 0 Å². The van der Waals surface area contributed by atoms with Crippen LogP contribution in [-0.2, 0) is 4.84 Å². The van der Waals surface area contributed by atoms with Gasteiger partial charge in [0.1, 0.15) is 5.84 Å². The van der Waals surface area contributed by atoms with Gasteiger partial charge in [-0.3, -0.25) is 0 Å². The van der Waals surface area contributed by atoms with E-state index in [4.69, 9.17) is 4.84 Å². The molecule has 3 heteroatoms. The molecule has 0 bridgehead atoms. The second kappa shape index (κ2) is 13.4. The second-order valence-electron chi connectivity index (χ2n) is 7.03. The SMILES string of the molecule is C=C1N=C(C(C)CCCCCCCCCCCCCCC)NO1. The number of rotatable bonds is 15. The highest BCUT2D eigenvalue weighted by atomic mass is 16.7. The van der Waals surface area contributed by atoms with E-state index in [-0.39, 0.29) is 0 Å². The van der Waals surface area contributed by atoms with Crippen LogP contribution < -0.4 is 5.48 Å². The fraction of sp³-hybridized carbons (Fsp3) is 0.850. The van der Waals surface area contributed by atoms with Crippen LogP contribution in [0.2, 0.25) is 0 Å². The first-order chi connectivity index (χ1) is 11.2. The Morgan fingerprint density at radius 1 is 0.870 bits per heavy atom. The summed E-state index contributed by atoms with van der Waals surface area (Å²) in [4.78, 5) is 9.31. The number of aliphatic imine (C=N–C) groups is 1. The summed E-state index contributed by atoms with van der Waals surface area (Å²) >= 11 is 0. The molecule has 1 atom stereocenters. The van der Waals surface area contributed by atoms with Crippen LogP contribution in [0.5, 0.6) is 0 Å². The van der Waals surface area contributed by atoms with Crippen LogP contribution in [0, 0.1) is 5.92 Å². The maximum Gasteiger partial charge on any atom is 0.240 e. The van der Waals surface area contributed by atoms with Crippen LogP contribution in [0.25, 0.3) is 0 Å². The summed E-state index contributed by atoms with van der Waals surface area (Å²) in [5, 5.41) is 0. The predicted octanol–water partition coefficient (Wildman–Crippen LogP) is 6.51. The van der Waals surface area contributed by atoms with E-state index in [2.05, 4.69) is 30.9 Å². The van der Waals surface area contributed by atoms with Gasteiger partial charge in [0.05, 0.1) is 0 Å². The van der Waals surface area contributed by atoms with E-state index >= 15 is 0 Å². The van der Waals surface area contributed by atoms with Crippen molar-refractivity contribution >= 4 is 5.84 Å². The zero-order valence-corrected chi connectivity index (χ0v) is 15.5. The van der Waals surface area contributed by atoms with Gasteiger partial charge in [-0.15, -0.1) is 0 Å². The summed E-state index contributed by atoms with van der Waals surface area (Å²) in [7, 11) is 0. The molecule has 0 aromatic heterocycles. The van der Waals surface area contributed by atoms with Gasteiger partial charge in [-0.2, -0.15) is 4.99 Å². The van der Waals surface area contributed by atoms with Crippen molar-refractivity contribution in [2.45, 2.75) is 104 Å². The van der Waals surface area contributed by atoms with Crippen LogP contribution in [0.15, 0.2) is 17.5 Å². The lowest BCUT2D eigenvalue weighted by Crippen LogP contribution is -2.23. The van der Waals surface area contributed by atoms with Gasteiger partial charge in [-0.05, 0) is 13.0 Å². The van der Waals surface area contributed by atoms with Gasteiger partial charge in [0.25, 0.3) is 0 Å². The van der Waals surface area contributed by atoms with E-state index < -0.39 is 0 Å². The fourth-order valence-corrected chi connectivity index (χ4v) is 3.11. The molecule has 134 valence electrons. The molecule has 1 unspecified atom stereocenters. The monoisotopic (exact) mass is 322 g/mol. The molecule has 1 rings (SSSR count). The lowest BCUT2D eigenvalue weighted by atomic mass is 10.0. The van der Waals surface area contributed by atoms with Gasteiger partial charge < -0.3 is 4.84 Å². The number of hydroxylamine groups is 1. The standard InChI is InChI=1S/C20H38N2O/c1-4-5-6-7-8-9-10-11-12-13-14-15-16-17-18(2)20-21-19(3)23-22-20/h18H,3-17H2,1-2H3,(H,21,22). The second-order valence-corrected chi connectivity index (χ2v) is 7.03. The molecule has 1 aliphatic rings. The van der Waals surface area contributed by atoms with Crippen molar-refractivity contribution in [3.05, 3.63) is 12.5 Å². The Morgan fingerprint density at radius 3 is 1.78 bits per heavy atom. The maximum atomic E-state index is 5.06. The normalized spacial score (nSPS) is 15.2. The molecule has 1 N–H and O–H groups in total. The lowest BCUT2D eigenvalue weighted by Gasteiger charge is -2.10. The molecule has 1 aliphatic heterocycles. The molecular weight excluding hydrogens is 284 g/mol. The first kappa shape index (κ1) is 20.1. The van der Waals surface area contributed by atoms with Crippen molar-refractivity contribution < 1.29 is 4.84 Å². The Hall–Kier alpha value is -0.990. The number of hydrogen-bond acceptors (Lipinski definition) is 3. The van der Waals surface area contributed by atoms with Crippen molar-refractivity contribution in [1.29, 1.82) is 0 Å². The third kappa shape index (κ3) is 10.4. The van der Waals surface area contributed by atoms with Crippen LogP contribution >= 0.6 is 0 Å². The van der Waals surface area contributed by atoms with Gasteiger partial charge in [0, 0.05) is 5.92 Å². The van der Waals surface area contributed by atoms with Gasteiger partial charge in [0.15, 0.2) is 0 Å². The van der Waals surface area contributed by atoms with Crippen LogP contribution in [0.3, 0.4) is 0 Å². The van der Waals surface area contributed by atoms with E-state index in [1.165, 1.54) is 89.9 Å². The first-order valence-corrected chi connectivity index (χ1v) is 9.94. The van der Waals surface area contributed by atoms with E-state index in [0.29, 0.717) is 11.8 Å². The minimum absolute atomic E-state index is 0.446. The highest BCUT2D eigenvalue weighted by molar-refractivity contribution is 5.85. The summed E-state index contributed by atoms with van der Waals surface area (Å²) in [5.74, 6) is 1.87. The van der Waals surface area contributed by atoms with Gasteiger partial charge in [0.2, 0.25) is 5.88 Å². The molecule has 1 heterocycles. The highest BCUT2D eigenvalue weighted by Gasteiger charge is 2.16. The van der Waals surface area contributed by atoms with Gasteiger partial charge >= 0.3 is 0 Å². The van der Waals surface area contributed by atoms with Crippen LogP contribution in [0.1, 0.15) is 104 Å². The van der Waals surface area contributed by atoms with Crippen molar-refractivity contribution in [2.24, 2.45) is 10.9 Å². The minimum Gasteiger partial charge on any atom is -0.361 e. The number of nitrogens with zero attached hydrogens (tertiary/aromatic N) is 1. The molecular formula is C20H38N2O. The third-order valence-electron chi connectivity index (χ3n) is 4.73. The number of nitrogens with one attached hydrogen (secondary N) is 1. The van der Waals surface area contributed by atoms with E-state index in [9.17, 15) is 0 Å². The van der Waals surface area contributed by atoms with Crippen molar-refractivity contribution in [1.82, 2.24) is 5.48 Å². The van der Waals surface area contributed by atoms with E-state index in [1.807, 2.05) is 0 Å². The molecule has 0 spiro atoms. The maximum absolute atomic E-state index is 5.06. The topological polar surface area (TPSA) is 33.6 Å². The average Bonchev–Trinajstić information content (AvgIpc) is 2.98. The largest absolute Gasteiger partial charge is 0.361 e. The Bertz CT molecular complexity index is 339. The molecule has 0 aliphatic carbocycles. The number of amidine groups is 1.